The van der Waals surface area contributed by atoms with Gasteiger partial charge in [-0.3, -0.25) is 4.79 Å². The van der Waals surface area contributed by atoms with Gasteiger partial charge in [0, 0.05) is 38.1 Å². The van der Waals surface area contributed by atoms with E-state index in [-0.39, 0.29) is 30.7 Å². The van der Waals surface area contributed by atoms with Crippen LogP contribution in [0.5, 0.6) is 0 Å². The number of carbonyl (C=O) groups excluding carboxylic acids is 1. The number of aromatic nitrogens is 1. The molecule has 4 rings (SSSR count). The number of fused-ring (bicyclic) bond motifs is 1. The molecule has 27 heavy (non-hydrogen) atoms. The number of anilines is 1. The largest absolute Gasteiger partial charge is 0.423 e. The molecule has 3 heterocycles. The lowest BCUT2D eigenvalue weighted by Crippen LogP contribution is -2.46. The van der Waals surface area contributed by atoms with Gasteiger partial charge in [0.25, 0.3) is 6.01 Å². The Morgan fingerprint density at radius 3 is 2.63 bits per heavy atom. The van der Waals surface area contributed by atoms with Gasteiger partial charge in [-0.15, -0.1) is 24.8 Å². The van der Waals surface area contributed by atoms with Crippen LogP contribution in [0.2, 0.25) is 0 Å². The van der Waals surface area contributed by atoms with E-state index in [1.54, 1.807) is 0 Å². The topological polar surface area (TPSA) is 61.6 Å². The average Bonchev–Trinajstić information content (AvgIpc) is 3.28. The summed E-state index contributed by atoms with van der Waals surface area (Å²) in [5, 5.41) is 3.22. The summed E-state index contributed by atoms with van der Waals surface area (Å²) in [5.41, 5.74) is 1.71. The van der Waals surface area contributed by atoms with Crippen LogP contribution in [0.15, 0.2) is 28.7 Å². The summed E-state index contributed by atoms with van der Waals surface area (Å²) >= 11 is 0. The molecule has 1 N–H and O–H groups in total. The summed E-state index contributed by atoms with van der Waals surface area (Å²) in [4.78, 5) is 21.8. The fraction of sp³-hybridized carbons (Fsp3) is 0.579. The number of rotatable bonds is 4. The molecular weight excluding hydrogens is 387 g/mol. The predicted molar refractivity (Wildman–Crippen MR) is 112 cm³/mol. The Morgan fingerprint density at radius 1 is 1.19 bits per heavy atom. The highest BCUT2D eigenvalue weighted by molar-refractivity contribution is 5.85. The normalized spacial score (nSPS) is 20.4. The Morgan fingerprint density at radius 2 is 1.93 bits per heavy atom. The van der Waals surface area contributed by atoms with Gasteiger partial charge in [0.15, 0.2) is 5.58 Å². The minimum Gasteiger partial charge on any atom is -0.423 e. The van der Waals surface area contributed by atoms with E-state index in [0.29, 0.717) is 18.0 Å². The van der Waals surface area contributed by atoms with Crippen molar-refractivity contribution in [1.82, 2.24) is 15.2 Å². The van der Waals surface area contributed by atoms with E-state index in [1.165, 1.54) is 0 Å². The summed E-state index contributed by atoms with van der Waals surface area (Å²) in [7, 11) is 1.96. The minimum atomic E-state index is 0. The zero-order chi connectivity index (χ0) is 17.2. The number of carbonyl (C=O) groups is 1. The van der Waals surface area contributed by atoms with Crippen molar-refractivity contribution in [3.8, 4) is 0 Å². The van der Waals surface area contributed by atoms with Crippen molar-refractivity contribution < 1.29 is 9.21 Å². The zero-order valence-corrected chi connectivity index (χ0v) is 17.2. The maximum Gasteiger partial charge on any atom is 0.298 e. The minimum absolute atomic E-state index is 0. The van der Waals surface area contributed by atoms with E-state index in [2.05, 4.69) is 20.1 Å². The molecule has 8 heteroatoms. The number of benzene rings is 1. The molecule has 0 aliphatic carbocycles. The van der Waals surface area contributed by atoms with Crippen LogP contribution >= 0.6 is 24.8 Å². The third-order valence-corrected chi connectivity index (χ3v) is 5.50. The smallest absolute Gasteiger partial charge is 0.298 e. The molecule has 6 nitrogen and oxygen atoms in total. The number of nitrogens with zero attached hydrogens (tertiary/aromatic N) is 3. The number of likely N-dealkylation sites (tertiary alicyclic amines) is 1. The molecule has 2 fully saturated rings. The number of para-hydroxylation sites is 2. The predicted octanol–water partition coefficient (Wildman–Crippen LogP) is 3.10. The highest BCUT2D eigenvalue weighted by Gasteiger charge is 2.35. The molecule has 1 unspecified atom stereocenters. The number of likely N-dealkylation sites (N-methyl/N-ethyl adjacent to an activating group) is 1. The molecule has 0 radical (unpaired) electrons. The van der Waals surface area contributed by atoms with Gasteiger partial charge in [-0.25, -0.2) is 0 Å². The molecule has 2 aliphatic rings. The van der Waals surface area contributed by atoms with Gasteiger partial charge in [-0.1, -0.05) is 12.1 Å². The van der Waals surface area contributed by atoms with Crippen molar-refractivity contribution >= 4 is 47.8 Å². The average molecular weight is 415 g/mol. The summed E-state index contributed by atoms with van der Waals surface area (Å²) in [5.74, 6) is 0.480. The Labute approximate surface area is 172 Å². The van der Waals surface area contributed by atoms with E-state index in [9.17, 15) is 4.79 Å². The van der Waals surface area contributed by atoms with Crippen molar-refractivity contribution in [2.24, 2.45) is 5.92 Å². The number of hydrogen-bond donors (Lipinski definition) is 1. The van der Waals surface area contributed by atoms with Crippen molar-refractivity contribution in [2.45, 2.75) is 31.7 Å². The van der Waals surface area contributed by atoms with Gasteiger partial charge in [0.05, 0.1) is 0 Å². The third kappa shape index (κ3) is 4.50. The molecule has 2 aromatic rings. The van der Waals surface area contributed by atoms with Crippen LogP contribution in [-0.4, -0.2) is 55.1 Å². The summed E-state index contributed by atoms with van der Waals surface area (Å²) in [6.45, 7) is 3.46. The Bertz CT molecular complexity index is 713. The maximum absolute atomic E-state index is 12.9. The van der Waals surface area contributed by atoms with Crippen LogP contribution in [-0.2, 0) is 4.79 Å². The summed E-state index contributed by atoms with van der Waals surface area (Å²) < 4.78 is 5.86. The van der Waals surface area contributed by atoms with Crippen molar-refractivity contribution in [3.05, 3.63) is 24.3 Å². The molecular formula is C19H28Cl2N4O2. The first-order valence-electron chi connectivity index (χ1n) is 9.32. The van der Waals surface area contributed by atoms with E-state index in [4.69, 9.17) is 4.42 Å². The molecule has 2 aliphatic heterocycles. The maximum atomic E-state index is 12.9. The van der Waals surface area contributed by atoms with Crippen molar-refractivity contribution in [2.75, 3.05) is 38.1 Å². The van der Waals surface area contributed by atoms with Crippen LogP contribution in [0.3, 0.4) is 0 Å². The Hall–Kier alpha value is -1.50. The second kappa shape index (κ2) is 9.62. The van der Waals surface area contributed by atoms with Crippen LogP contribution in [0.4, 0.5) is 6.01 Å². The first-order chi connectivity index (χ1) is 12.3. The number of halogens is 2. The molecule has 1 atom stereocenters. The molecule has 1 amide bonds. The lowest BCUT2D eigenvalue weighted by Gasteiger charge is -2.34. The van der Waals surface area contributed by atoms with Crippen LogP contribution < -0.4 is 10.2 Å². The number of hydrogen-bond acceptors (Lipinski definition) is 5. The highest BCUT2D eigenvalue weighted by Crippen LogP contribution is 2.29. The number of amides is 1. The van der Waals surface area contributed by atoms with E-state index in [1.807, 2.05) is 31.3 Å². The van der Waals surface area contributed by atoms with Crippen molar-refractivity contribution in [3.63, 3.8) is 0 Å². The van der Waals surface area contributed by atoms with Gasteiger partial charge in [0.1, 0.15) is 5.52 Å². The lowest BCUT2D eigenvalue weighted by atomic mass is 9.95. The standard InChI is InChI=1S/C19H26N4O2.2ClH/c1-20-13-15-5-4-10-23(15)18(24)14-8-11-22(12-9-14)19-21-16-6-2-3-7-17(16)25-19;;/h2-3,6-7,14-15,20H,4-5,8-13H2,1H3;2*1H. The first kappa shape index (κ1) is 21.8. The van der Waals surface area contributed by atoms with E-state index in [0.717, 1.165) is 63.0 Å². The lowest BCUT2D eigenvalue weighted by molar-refractivity contribution is -0.137. The van der Waals surface area contributed by atoms with E-state index < -0.39 is 0 Å². The van der Waals surface area contributed by atoms with Crippen LogP contribution in [0, 0.1) is 5.92 Å². The second-order valence-electron chi connectivity index (χ2n) is 7.11. The van der Waals surface area contributed by atoms with Gasteiger partial charge < -0.3 is 19.5 Å². The molecule has 1 aromatic carbocycles. The van der Waals surface area contributed by atoms with Gasteiger partial charge in [-0.2, -0.15) is 4.98 Å². The fourth-order valence-corrected chi connectivity index (χ4v) is 4.12. The SMILES string of the molecule is CNCC1CCCN1C(=O)C1CCN(c2nc3ccccc3o2)CC1.Cl.Cl. The summed E-state index contributed by atoms with van der Waals surface area (Å²) in [6.07, 6.45) is 3.99. The van der Waals surface area contributed by atoms with Crippen molar-refractivity contribution in [1.29, 1.82) is 0 Å². The van der Waals surface area contributed by atoms with Gasteiger partial charge in [-0.05, 0) is 44.9 Å². The molecule has 0 spiro atoms. The number of oxazole rings is 1. The molecule has 0 bridgehead atoms. The Balaban J connectivity index is 0.00000131. The first-order valence-corrected chi connectivity index (χ1v) is 9.32. The van der Waals surface area contributed by atoms with Gasteiger partial charge in [0.2, 0.25) is 5.91 Å². The molecule has 0 saturated carbocycles. The van der Waals surface area contributed by atoms with Crippen LogP contribution in [0.1, 0.15) is 25.7 Å². The number of nitrogens with one attached hydrogen (secondary N) is 1. The number of piperidine rings is 1. The highest BCUT2D eigenvalue weighted by atomic mass is 35.5. The van der Waals surface area contributed by atoms with Crippen LogP contribution in [0.25, 0.3) is 11.1 Å². The second-order valence-corrected chi connectivity index (χ2v) is 7.11. The molecule has 2 saturated heterocycles. The van der Waals surface area contributed by atoms with Gasteiger partial charge >= 0.3 is 0 Å². The molecule has 150 valence electrons. The Kier molecular flexibility index (Phi) is 7.77. The quantitative estimate of drug-likeness (QED) is 0.832. The zero-order valence-electron chi connectivity index (χ0n) is 15.6. The monoisotopic (exact) mass is 414 g/mol. The molecule has 1 aromatic heterocycles. The summed E-state index contributed by atoms with van der Waals surface area (Å²) in [6, 6.07) is 8.89. The fourth-order valence-electron chi connectivity index (χ4n) is 4.12. The van der Waals surface area contributed by atoms with E-state index >= 15 is 0 Å². The third-order valence-electron chi connectivity index (χ3n) is 5.50.